The Bertz CT molecular complexity index is 1800. The fourth-order valence-corrected chi connectivity index (χ4v) is 7.40. The Hall–Kier alpha value is -4.16. The lowest BCUT2D eigenvalue weighted by Crippen LogP contribution is -2.13. The summed E-state index contributed by atoms with van der Waals surface area (Å²) in [6.07, 6.45) is 4.53. The maximum atomic E-state index is 2.47. The molecule has 5 aromatic carbocycles. The van der Waals surface area contributed by atoms with Crippen molar-refractivity contribution in [2.75, 3.05) is 0 Å². The highest BCUT2D eigenvalue weighted by Gasteiger charge is 2.40. The summed E-state index contributed by atoms with van der Waals surface area (Å²) in [6.45, 7) is 0. The maximum absolute atomic E-state index is 2.47. The zero-order chi connectivity index (χ0) is 22.7. The molecule has 0 amide bonds. The molecule has 0 fully saturated rings. The van der Waals surface area contributed by atoms with Gasteiger partial charge in [-0.25, -0.2) is 0 Å². The van der Waals surface area contributed by atoms with Crippen LogP contribution in [0.4, 0.5) is 0 Å². The first-order valence-corrected chi connectivity index (χ1v) is 12.7. The summed E-state index contributed by atoms with van der Waals surface area (Å²) in [5, 5.41) is 0. The molecule has 0 nitrogen and oxygen atoms in total. The van der Waals surface area contributed by atoms with Gasteiger partial charge in [0.1, 0.15) is 0 Å². The van der Waals surface area contributed by atoms with Crippen LogP contribution in [0.3, 0.4) is 0 Å². The lowest BCUT2D eigenvalue weighted by atomic mass is 9.70. The minimum Gasteiger partial charge on any atom is -0.0619 e. The van der Waals surface area contributed by atoms with Gasteiger partial charge in [-0.15, -0.1) is 0 Å². The van der Waals surface area contributed by atoms with E-state index in [1.165, 1.54) is 83.5 Å². The molecular formula is C35H22. The van der Waals surface area contributed by atoms with Crippen molar-refractivity contribution < 1.29 is 0 Å². The van der Waals surface area contributed by atoms with E-state index in [0.29, 0.717) is 5.92 Å². The van der Waals surface area contributed by atoms with E-state index in [2.05, 4.69) is 103 Å². The summed E-state index contributed by atoms with van der Waals surface area (Å²) in [5.41, 5.74) is 21.8. The molecule has 0 radical (unpaired) electrons. The SMILES string of the molecule is C1=C2c3ccc4c(c3-c3ccc5c(c3C2c2ccccc21)-c1ccccc1C5)Cc1ccccc1-4. The van der Waals surface area contributed by atoms with Gasteiger partial charge in [0.2, 0.25) is 0 Å². The van der Waals surface area contributed by atoms with Crippen LogP contribution in [0.2, 0.25) is 0 Å². The fourth-order valence-electron chi connectivity index (χ4n) is 7.40. The molecule has 162 valence electrons. The van der Waals surface area contributed by atoms with Crippen molar-refractivity contribution >= 4 is 11.6 Å². The standard InChI is InChI=1S/C35H22/c1-4-10-24-21(8-1)18-30-27(24)15-16-28-31-19-22-9-3-6-12-26(22)34(31)35-29(33(28)30)14-13-23-17-20-7-2-5-11-25(20)32(23)35/h1-16,19,34H,17-18H2. The van der Waals surface area contributed by atoms with Crippen molar-refractivity contribution in [3.63, 3.8) is 0 Å². The summed E-state index contributed by atoms with van der Waals surface area (Å²) in [7, 11) is 0. The topological polar surface area (TPSA) is 0 Å². The number of fused-ring (bicyclic) bond motifs is 16. The molecular weight excluding hydrogens is 420 g/mol. The minimum absolute atomic E-state index is 0.302. The van der Waals surface area contributed by atoms with Crippen molar-refractivity contribution in [2.24, 2.45) is 0 Å². The predicted molar refractivity (Wildman–Crippen MR) is 145 cm³/mol. The van der Waals surface area contributed by atoms with E-state index >= 15 is 0 Å². The third-order valence-electron chi connectivity index (χ3n) is 8.79. The molecule has 9 rings (SSSR count). The summed E-state index contributed by atoms with van der Waals surface area (Å²) in [4.78, 5) is 0. The van der Waals surface area contributed by atoms with Crippen LogP contribution in [0, 0.1) is 0 Å². The molecule has 35 heavy (non-hydrogen) atoms. The van der Waals surface area contributed by atoms with Gasteiger partial charge in [0.25, 0.3) is 0 Å². The van der Waals surface area contributed by atoms with Crippen molar-refractivity contribution in [1.29, 1.82) is 0 Å². The minimum atomic E-state index is 0.302. The van der Waals surface area contributed by atoms with Gasteiger partial charge in [-0.05, 0) is 102 Å². The van der Waals surface area contributed by atoms with E-state index in [9.17, 15) is 0 Å². The molecule has 0 N–H and O–H groups in total. The molecule has 0 aromatic heterocycles. The van der Waals surface area contributed by atoms with Crippen LogP contribution in [-0.2, 0) is 12.8 Å². The van der Waals surface area contributed by atoms with Gasteiger partial charge >= 0.3 is 0 Å². The van der Waals surface area contributed by atoms with E-state index in [4.69, 9.17) is 0 Å². The Kier molecular flexibility index (Phi) is 3.27. The number of hydrogen-bond donors (Lipinski definition) is 0. The normalized spacial score (nSPS) is 16.8. The first kappa shape index (κ1) is 18.2. The predicted octanol–water partition coefficient (Wildman–Crippen LogP) is 8.50. The average molecular weight is 443 g/mol. The molecule has 1 atom stereocenters. The van der Waals surface area contributed by atoms with E-state index in [-0.39, 0.29) is 0 Å². The maximum Gasteiger partial charge on any atom is 0.0364 e. The van der Waals surface area contributed by atoms with Crippen molar-refractivity contribution in [2.45, 2.75) is 18.8 Å². The van der Waals surface area contributed by atoms with Gasteiger partial charge in [0.15, 0.2) is 0 Å². The first-order valence-electron chi connectivity index (χ1n) is 12.7. The van der Waals surface area contributed by atoms with Crippen LogP contribution in [0.5, 0.6) is 0 Å². The highest BCUT2D eigenvalue weighted by Crippen LogP contribution is 2.60. The largest absolute Gasteiger partial charge is 0.0619 e. The summed E-state index contributed by atoms with van der Waals surface area (Å²) in [5.74, 6) is 0.302. The van der Waals surface area contributed by atoms with E-state index in [0.717, 1.165) is 12.8 Å². The van der Waals surface area contributed by atoms with E-state index in [1.807, 2.05) is 0 Å². The second kappa shape index (κ2) is 6.29. The molecule has 0 heterocycles. The number of benzene rings is 5. The molecule has 0 saturated heterocycles. The molecule has 0 spiro atoms. The quantitative estimate of drug-likeness (QED) is 0.221. The monoisotopic (exact) mass is 442 g/mol. The summed E-state index contributed by atoms with van der Waals surface area (Å²) in [6, 6.07) is 36.7. The molecule has 0 bridgehead atoms. The van der Waals surface area contributed by atoms with Gasteiger partial charge < -0.3 is 0 Å². The highest BCUT2D eigenvalue weighted by atomic mass is 14.4. The lowest BCUT2D eigenvalue weighted by Gasteiger charge is -2.32. The number of allylic oxidation sites excluding steroid dienone is 1. The van der Waals surface area contributed by atoms with Crippen LogP contribution < -0.4 is 0 Å². The van der Waals surface area contributed by atoms with Crippen molar-refractivity contribution in [3.8, 4) is 33.4 Å². The third-order valence-corrected chi connectivity index (χ3v) is 8.79. The van der Waals surface area contributed by atoms with Gasteiger partial charge in [-0.1, -0.05) is 97.1 Å². The van der Waals surface area contributed by atoms with Gasteiger partial charge in [0, 0.05) is 5.92 Å². The number of hydrogen-bond acceptors (Lipinski definition) is 0. The van der Waals surface area contributed by atoms with E-state index in [1.54, 1.807) is 0 Å². The fraction of sp³-hybridized carbons (Fsp3) is 0.0857. The van der Waals surface area contributed by atoms with E-state index < -0.39 is 0 Å². The van der Waals surface area contributed by atoms with Gasteiger partial charge in [0.05, 0.1) is 0 Å². The highest BCUT2D eigenvalue weighted by molar-refractivity contribution is 6.07. The Morgan fingerprint density at radius 2 is 1.20 bits per heavy atom. The molecule has 4 aliphatic rings. The molecule has 1 unspecified atom stereocenters. The molecule has 4 aliphatic carbocycles. The average Bonchev–Trinajstić information content (AvgIpc) is 3.59. The summed E-state index contributed by atoms with van der Waals surface area (Å²) < 4.78 is 0. The third kappa shape index (κ3) is 2.19. The Labute approximate surface area is 205 Å². The van der Waals surface area contributed by atoms with Crippen LogP contribution in [0.1, 0.15) is 50.4 Å². The second-order valence-electron chi connectivity index (χ2n) is 10.4. The van der Waals surface area contributed by atoms with Gasteiger partial charge in [-0.2, -0.15) is 0 Å². The Balaban J connectivity index is 1.42. The zero-order valence-electron chi connectivity index (χ0n) is 19.3. The zero-order valence-corrected chi connectivity index (χ0v) is 19.3. The van der Waals surface area contributed by atoms with Crippen LogP contribution in [-0.4, -0.2) is 0 Å². The molecule has 5 aromatic rings. The smallest absolute Gasteiger partial charge is 0.0364 e. The van der Waals surface area contributed by atoms with Crippen LogP contribution >= 0.6 is 0 Å². The molecule has 0 heteroatoms. The van der Waals surface area contributed by atoms with Crippen LogP contribution in [0.25, 0.3) is 45.0 Å². The Morgan fingerprint density at radius 3 is 2.11 bits per heavy atom. The van der Waals surface area contributed by atoms with Crippen molar-refractivity contribution in [3.05, 3.63) is 142 Å². The lowest BCUT2D eigenvalue weighted by molar-refractivity contribution is 1.05. The first-order chi connectivity index (χ1) is 17.4. The van der Waals surface area contributed by atoms with Gasteiger partial charge in [-0.3, -0.25) is 0 Å². The molecule has 0 saturated carbocycles. The van der Waals surface area contributed by atoms with Crippen LogP contribution in [0.15, 0.2) is 97.1 Å². The summed E-state index contributed by atoms with van der Waals surface area (Å²) >= 11 is 0. The Morgan fingerprint density at radius 1 is 0.486 bits per heavy atom. The number of rotatable bonds is 0. The second-order valence-corrected chi connectivity index (χ2v) is 10.4. The van der Waals surface area contributed by atoms with Crippen molar-refractivity contribution in [1.82, 2.24) is 0 Å². The molecule has 0 aliphatic heterocycles.